The molecule has 3 amide bonds. The maximum atomic E-state index is 14.9. The molecule has 0 saturated heterocycles. The number of fused-ring (bicyclic) bond motifs is 3. The van der Waals surface area contributed by atoms with Crippen molar-refractivity contribution >= 4 is 23.4 Å². The normalized spacial score (nSPS) is 16.5. The summed E-state index contributed by atoms with van der Waals surface area (Å²) >= 11 is 0. The number of hydrogen-bond donors (Lipinski definition) is 1. The van der Waals surface area contributed by atoms with Crippen molar-refractivity contribution in [2.24, 2.45) is 0 Å². The molecule has 0 aliphatic carbocycles. The van der Waals surface area contributed by atoms with Crippen LogP contribution in [0, 0.1) is 0 Å². The summed E-state index contributed by atoms with van der Waals surface area (Å²) in [6.45, 7) is 4.47. The molecule has 8 rings (SSSR count). The van der Waals surface area contributed by atoms with Gasteiger partial charge < -0.3 is 24.4 Å². The molecule has 8 heteroatoms. The monoisotopic (exact) mass is 692 g/mol. The topological polar surface area (TPSA) is 86.1 Å². The fraction of sp³-hybridized carbons (Fsp3) is 0.295. The molecule has 0 bridgehead atoms. The lowest BCUT2D eigenvalue weighted by atomic mass is 9.89. The number of anilines is 1. The summed E-state index contributed by atoms with van der Waals surface area (Å²) in [7, 11) is 1.76. The highest BCUT2D eigenvalue weighted by atomic mass is 16.3. The van der Waals surface area contributed by atoms with Gasteiger partial charge in [0.25, 0.3) is 11.8 Å². The van der Waals surface area contributed by atoms with Crippen LogP contribution < -0.4 is 4.90 Å². The number of carbonyl (C=O) groups is 3. The molecule has 3 aliphatic rings. The van der Waals surface area contributed by atoms with Crippen LogP contribution in [-0.4, -0.2) is 56.8 Å². The first kappa shape index (κ1) is 33.5. The molecule has 264 valence electrons. The Labute approximate surface area is 304 Å². The van der Waals surface area contributed by atoms with E-state index in [1.54, 1.807) is 36.2 Å². The van der Waals surface area contributed by atoms with Gasteiger partial charge in [0.2, 0.25) is 5.91 Å². The smallest absolute Gasteiger partial charge is 0.259 e. The summed E-state index contributed by atoms with van der Waals surface area (Å²) in [5.74, 6) is 0.0693. The van der Waals surface area contributed by atoms with Crippen LogP contribution >= 0.6 is 0 Å². The average Bonchev–Trinajstić information content (AvgIpc) is 3.56. The number of phenolic OH excluding ortho intramolecular Hbond substituents is 1. The first-order chi connectivity index (χ1) is 25.2. The van der Waals surface area contributed by atoms with E-state index in [1.165, 1.54) is 5.56 Å². The number of phenols is 1. The van der Waals surface area contributed by atoms with Crippen LogP contribution in [0.25, 0.3) is 11.3 Å². The van der Waals surface area contributed by atoms with Crippen molar-refractivity contribution in [2.45, 2.75) is 71.1 Å². The van der Waals surface area contributed by atoms with Crippen LogP contribution in [0.15, 0.2) is 97.1 Å². The van der Waals surface area contributed by atoms with E-state index in [0.29, 0.717) is 49.3 Å². The van der Waals surface area contributed by atoms with Crippen LogP contribution in [0.3, 0.4) is 0 Å². The van der Waals surface area contributed by atoms with E-state index in [2.05, 4.69) is 35.8 Å². The molecule has 3 aliphatic heterocycles. The quantitative estimate of drug-likeness (QED) is 0.204. The number of aromatic nitrogens is 1. The highest BCUT2D eigenvalue weighted by molar-refractivity contribution is 6.08. The van der Waals surface area contributed by atoms with E-state index >= 15 is 0 Å². The molecule has 0 unspecified atom stereocenters. The largest absolute Gasteiger partial charge is 0.508 e. The highest BCUT2D eigenvalue weighted by Gasteiger charge is 2.33. The molecule has 1 N–H and O–H groups in total. The maximum absolute atomic E-state index is 14.9. The second kappa shape index (κ2) is 13.8. The number of aromatic hydroxyl groups is 1. The minimum absolute atomic E-state index is 0.00700. The lowest BCUT2D eigenvalue weighted by Crippen LogP contribution is -2.43. The first-order valence-corrected chi connectivity index (χ1v) is 18.4. The molecular formula is C44H44N4O4. The molecule has 4 heterocycles. The molecule has 0 fully saturated rings. The zero-order valence-corrected chi connectivity index (χ0v) is 29.8. The summed E-state index contributed by atoms with van der Waals surface area (Å²) in [4.78, 5) is 48.1. The van der Waals surface area contributed by atoms with Crippen LogP contribution in [0.5, 0.6) is 5.75 Å². The minimum atomic E-state index is -0.123. The molecule has 5 aromatic rings. The van der Waals surface area contributed by atoms with Gasteiger partial charge in [-0.2, -0.15) is 0 Å². The summed E-state index contributed by atoms with van der Waals surface area (Å²) in [5.41, 5.74) is 10.2. The van der Waals surface area contributed by atoms with Crippen molar-refractivity contribution in [2.75, 3.05) is 18.5 Å². The zero-order valence-electron chi connectivity index (χ0n) is 29.8. The minimum Gasteiger partial charge on any atom is -0.508 e. The fourth-order valence-electron chi connectivity index (χ4n) is 8.26. The lowest BCUT2D eigenvalue weighted by Gasteiger charge is -2.36. The second-order valence-corrected chi connectivity index (χ2v) is 14.5. The number of rotatable bonds is 6. The highest BCUT2D eigenvalue weighted by Crippen LogP contribution is 2.38. The predicted octanol–water partition coefficient (Wildman–Crippen LogP) is 7.19. The van der Waals surface area contributed by atoms with E-state index in [-0.39, 0.29) is 29.5 Å². The maximum Gasteiger partial charge on any atom is 0.259 e. The van der Waals surface area contributed by atoms with Crippen LogP contribution in [0.2, 0.25) is 0 Å². The number of hydrogen-bond acceptors (Lipinski definition) is 4. The van der Waals surface area contributed by atoms with Crippen LogP contribution in [0.1, 0.15) is 74.0 Å². The Balaban J connectivity index is 1.20. The van der Waals surface area contributed by atoms with E-state index in [1.807, 2.05) is 58.3 Å². The van der Waals surface area contributed by atoms with E-state index < -0.39 is 0 Å². The Bertz CT molecular complexity index is 2170. The molecular weight excluding hydrogens is 649 g/mol. The SMILES string of the molecule is C[C@@H]1Cc2ccccc2CN1C(=O)c1cc2c(cc1-c1cc(C(=O)N(C)c3ccc(O)cc3)c3n1CCCC3)CCN(C(=O)Cc1ccccc1)C2. The number of carbonyl (C=O) groups excluding carboxylic acids is 3. The molecule has 0 spiro atoms. The van der Waals surface area contributed by atoms with Crippen molar-refractivity contribution in [3.8, 4) is 17.0 Å². The van der Waals surface area contributed by atoms with Gasteiger partial charge in [-0.1, -0.05) is 54.6 Å². The van der Waals surface area contributed by atoms with Crippen LogP contribution in [-0.2, 0) is 50.1 Å². The van der Waals surface area contributed by atoms with E-state index in [9.17, 15) is 19.5 Å². The Morgan fingerprint density at radius 2 is 1.52 bits per heavy atom. The average molecular weight is 693 g/mol. The molecule has 52 heavy (non-hydrogen) atoms. The number of amides is 3. The molecule has 1 aromatic heterocycles. The first-order valence-electron chi connectivity index (χ1n) is 18.4. The molecule has 1 atom stereocenters. The number of benzene rings is 4. The third-order valence-corrected chi connectivity index (χ3v) is 11.2. The van der Waals surface area contributed by atoms with Gasteiger partial charge >= 0.3 is 0 Å². The van der Waals surface area contributed by atoms with Gasteiger partial charge in [0.05, 0.1) is 12.0 Å². The van der Waals surface area contributed by atoms with Gasteiger partial charge in [-0.25, -0.2) is 0 Å². The van der Waals surface area contributed by atoms with Gasteiger partial charge in [0.15, 0.2) is 0 Å². The Morgan fingerprint density at radius 3 is 2.31 bits per heavy atom. The van der Waals surface area contributed by atoms with Gasteiger partial charge in [-0.05, 0) is 109 Å². The molecule has 4 aromatic carbocycles. The number of nitrogens with zero attached hydrogens (tertiary/aromatic N) is 4. The Kier molecular flexibility index (Phi) is 8.91. The summed E-state index contributed by atoms with van der Waals surface area (Å²) < 4.78 is 2.26. The van der Waals surface area contributed by atoms with Crippen molar-refractivity contribution in [3.05, 3.63) is 142 Å². The van der Waals surface area contributed by atoms with Gasteiger partial charge in [-0.3, -0.25) is 14.4 Å². The van der Waals surface area contributed by atoms with Gasteiger partial charge in [0, 0.05) is 67.5 Å². The second-order valence-electron chi connectivity index (χ2n) is 14.5. The van der Waals surface area contributed by atoms with Crippen molar-refractivity contribution in [1.82, 2.24) is 14.4 Å². The lowest BCUT2D eigenvalue weighted by molar-refractivity contribution is -0.131. The molecule has 0 saturated carbocycles. The van der Waals surface area contributed by atoms with Gasteiger partial charge in [0.1, 0.15) is 5.75 Å². The van der Waals surface area contributed by atoms with Crippen LogP contribution in [0.4, 0.5) is 5.69 Å². The van der Waals surface area contributed by atoms with E-state index in [4.69, 9.17) is 0 Å². The third kappa shape index (κ3) is 6.27. The molecule has 8 nitrogen and oxygen atoms in total. The van der Waals surface area contributed by atoms with E-state index in [0.717, 1.165) is 71.4 Å². The fourth-order valence-corrected chi connectivity index (χ4v) is 8.26. The van der Waals surface area contributed by atoms with Gasteiger partial charge in [-0.15, -0.1) is 0 Å². The zero-order chi connectivity index (χ0) is 35.9. The Morgan fingerprint density at radius 1 is 0.769 bits per heavy atom. The predicted molar refractivity (Wildman–Crippen MR) is 202 cm³/mol. The van der Waals surface area contributed by atoms with Crippen molar-refractivity contribution < 1.29 is 19.5 Å². The summed E-state index contributed by atoms with van der Waals surface area (Å²) in [6.07, 6.45) is 4.57. The summed E-state index contributed by atoms with van der Waals surface area (Å²) in [6, 6.07) is 31.0. The molecule has 0 radical (unpaired) electrons. The van der Waals surface area contributed by atoms with Crippen molar-refractivity contribution in [3.63, 3.8) is 0 Å². The standard InChI is InChI=1S/C44H44N4O4/c1-29-22-31-12-6-7-13-33(31)28-48(29)44(52)38-25-34-27-46(42(50)23-30-10-4-3-5-11-30)21-19-32(34)24-37(38)41-26-39(40-14-8-9-20-47(40)41)43(51)45(2)35-15-17-36(49)18-16-35/h3-7,10-13,15-18,24-26,29,49H,8-9,14,19-23,27-28H2,1-2H3/t29-/m1/s1. The Hall–Kier alpha value is -5.63. The third-order valence-electron chi connectivity index (χ3n) is 11.2. The van der Waals surface area contributed by atoms with Crippen molar-refractivity contribution in [1.29, 1.82) is 0 Å². The summed E-state index contributed by atoms with van der Waals surface area (Å²) in [5, 5.41) is 9.84.